The summed E-state index contributed by atoms with van der Waals surface area (Å²) < 4.78 is 20.0. The smallest absolute Gasteiger partial charge is 0.436 e. The second kappa shape index (κ2) is 11.8. The first-order valence-corrected chi connectivity index (χ1v) is 9.43. The monoisotopic (exact) mass is 444 g/mol. The number of carbonyl (C=O) groups is 3. The maximum Gasteiger partial charge on any atom is 0.436 e. The molecule has 0 saturated heterocycles. The predicted molar refractivity (Wildman–Crippen MR) is 117 cm³/mol. The quantitative estimate of drug-likeness (QED) is 0.453. The van der Waals surface area contributed by atoms with Gasteiger partial charge in [-0.05, 0) is 36.4 Å². The number of nitrogens with zero attached hydrogens (tertiary/aromatic N) is 1. The highest BCUT2D eigenvalue weighted by atomic mass is 16.5. The van der Waals surface area contributed by atoms with E-state index in [9.17, 15) is 14.4 Å². The van der Waals surface area contributed by atoms with Crippen molar-refractivity contribution in [3.63, 3.8) is 0 Å². The summed E-state index contributed by atoms with van der Waals surface area (Å²) in [6.45, 7) is 1.70. The zero-order valence-corrected chi connectivity index (χ0v) is 18.1. The Labute approximate surface area is 184 Å². The molecule has 2 aromatic rings. The number of amides is 3. The Bertz CT molecular complexity index is 990. The van der Waals surface area contributed by atoms with Crippen LogP contribution in [-0.4, -0.2) is 45.4 Å². The summed E-state index contributed by atoms with van der Waals surface area (Å²) in [6, 6.07) is 11.7. The van der Waals surface area contributed by atoms with Crippen molar-refractivity contribution in [1.82, 2.24) is 5.32 Å². The highest BCUT2D eigenvalue weighted by Gasteiger charge is 2.14. The van der Waals surface area contributed by atoms with Crippen LogP contribution in [0.4, 0.5) is 21.0 Å². The minimum Gasteiger partial charge on any atom is -0.497 e. The minimum atomic E-state index is -0.964. The Morgan fingerprint density at radius 2 is 1.50 bits per heavy atom. The molecule has 2 aromatic carbocycles. The fraction of sp³-hybridized carbons (Fsp3) is 0.238. The van der Waals surface area contributed by atoms with Gasteiger partial charge in [-0.2, -0.15) is 0 Å². The van der Waals surface area contributed by atoms with E-state index in [2.05, 4.69) is 30.4 Å². The first kappa shape index (κ1) is 24.0. The minimum absolute atomic E-state index is 0.243. The average molecular weight is 444 g/mol. The molecule has 3 N–H and O–H groups in total. The lowest BCUT2D eigenvalue weighted by atomic mass is 10.2. The van der Waals surface area contributed by atoms with Gasteiger partial charge in [0.2, 0.25) is 11.9 Å². The zero-order chi connectivity index (χ0) is 23.5. The van der Waals surface area contributed by atoms with Crippen molar-refractivity contribution < 1.29 is 33.3 Å². The molecule has 0 bridgehead atoms. The van der Waals surface area contributed by atoms with Gasteiger partial charge in [-0.3, -0.25) is 10.1 Å². The predicted octanol–water partition coefficient (Wildman–Crippen LogP) is 3.73. The van der Waals surface area contributed by atoms with E-state index in [1.807, 2.05) is 0 Å². The highest BCUT2D eigenvalue weighted by molar-refractivity contribution is 6.08. The van der Waals surface area contributed by atoms with E-state index in [4.69, 9.17) is 9.47 Å². The summed E-state index contributed by atoms with van der Waals surface area (Å²) in [5, 5.41) is 7.76. The number of hydrogen-bond donors (Lipinski definition) is 3. The first-order valence-electron chi connectivity index (χ1n) is 9.43. The van der Waals surface area contributed by atoms with E-state index in [-0.39, 0.29) is 24.0 Å². The van der Waals surface area contributed by atoms with Crippen LogP contribution in [0.2, 0.25) is 0 Å². The van der Waals surface area contributed by atoms with Gasteiger partial charge in [0.15, 0.2) is 0 Å². The second-order valence-electron chi connectivity index (χ2n) is 6.06. The zero-order valence-electron chi connectivity index (χ0n) is 18.1. The van der Waals surface area contributed by atoms with Crippen molar-refractivity contribution in [3.8, 4) is 17.2 Å². The lowest BCUT2D eigenvalue weighted by molar-refractivity contribution is -0.115. The summed E-state index contributed by atoms with van der Waals surface area (Å²) in [4.78, 5) is 38.8. The van der Waals surface area contributed by atoms with Gasteiger partial charge < -0.3 is 29.6 Å². The molecule has 0 spiro atoms. The Kier molecular flexibility index (Phi) is 8.84. The van der Waals surface area contributed by atoms with Crippen molar-refractivity contribution in [2.75, 3.05) is 32.0 Å². The molecule has 11 heteroatoms. The van der Waals surface area contributed by atoms with Crippen molar-refractivity contribution in [2.45, 2.75) is 13.3 Å². The molecule has 2 rings (SSSR count). The molecular formula is C21H24N4O7. The van der Waals surface area contributed by atoms with Gasteiger partial charge >= 0.3 is 12.2 Å². The number of rotatable bonds is 6. The fourth-order valence-corrected chi connectivity index (χ4v) is 2.32. The van der Waals surface area contributed by atoms with E-state index in [0.29, 0.717) is 22.9 Å². The molecule has 0 unspecified atom stereocenters. The highest BCUT2D eigenvalue weighted by Crippen LogP contribution is 2.31. The van der Waals surface area contributed by atoms with Gasteiger partial charge in [0.1, 0.15) is 17.2 Å². The fourth-order valence-electron chi connectivity index (χ4n) is 2.32. The van der Waals surface area contributed by atoms with E-state index in [1.54, 1.807) is 56.5 Å². The standard InChI is InChI=1S/C21H24N4O7/c1-5-18(26)22-16-11-10-15(32-14-8-6-13(29-2)7-9-14)12-17(16)23-19(24-20(27)30-3)25-21(28)31-4/h6-12H,5H2,1-4H3,(H,22,26)(H2,23,24,25,27,28). The lowest BCUT2D eigenvalue weighted by Gasteiger charge is -2.16. The van der Waals surface area contributed by atoms with Crippen LogP contribution in [0.1, 0.15) is 13.3 Å². The van der Waals surface area contributed by atoms with E-state index in [0.717, 1.165) is 14.2 Å². The summed E-state index contributed by atoms with van der Waals surface area (Å²) in [5.41, 5.74) is 0.653. The second-order valence-corrected chi connectivity index (χ2v) is 6.06. The molecule has 0 aliphatic carbocycles. The van der Waals surface area contributed by atoms with Gasteiger partial charge in [-0.1, -0.05) is 6.92 Å². The van der Waals surface area contributed by atoms with Gasteiger partial charge in [0.25, 0.3) is 0 Å². The molecule has 0 aromatic heterocycles. The van der Waals surface area contributed by atoms with Crippen molar-refractivity contribution in [2.24, 2.45) is 4.99 Å². The number of methoxy groups -OCH3 is 3. The topological polar surface area (TPSA) is 137 Å². The molecule has 0 aliphatic heterocycles. The number of ether oxygens (including phenoxy) is 4. The molecule has 3 amide bonds. The Hall–Kier alpha value is -4.28. The summed E-state index contributed by atoms with van der Waals surface area (Å²) in [6.07, 6.45) is -1.59. The first-order chi connectivity index (χ1) is 15.4. The molecule has 0 heterocycles. The molecular weight excluding hydrogens is 420 g/mol. The number of alkyl carbamates (subject to hydrolysis) is 1. The molecule has 32 heavy (non-hydrogen) atoms. The Morgan fingerprint density at radius 1 is 0.844 bits per heavy atom. The number of hydrogen-bond acceptors (Lipinski definition) is 7. The van der Waals surface area contributed by atoms with Crippen LogP contribution >= 0.6 is 0 Å². The maximum absolute atomic E-state index is 11.9. The van der Waals surface area contributed by atoms with Crippen LogP contribution in [0.5, 0.6) is 17.2 Å². The SMILES string of the molecule is CCC(=O)Nc1ccc(Oc2ccc(OC)cc2)cc1NC(=NC(=O)OC)NC(=O)OC. The maximum atomic E-state index is 11.9. The molecule has 0 radical (unpaired) electrons. The van der Waals surface area contributed by atoms with Crippen LogP contribution < -0.4 is 25.4 Å². The van der Waals surface area contributed by atoms with Gasteiger partial charge in [-0.15, -0.1) is 4.99 Å². The Morgan fingerprint density at radius 3 is 2.09 bits per heavy atom. The molecule has 0 atom stereocenters. The number of carbonyl (C=O) groups excluding carboxylic acids is 3. The lowest BCUT2D eigenvalue weighted by Crippen LogP contribution is -2.36. The summed E-state index contributed by atoms with van der Waals surface area (Å²) in [5.74, 6) is 1.09. The number of anilines is 2. The van der Waals surface area contributed by atoms with E-state index >= 15 is 0 Å². The van der Waals surface area contributed by atoms with Gasteiger partial charge in [0, 0.05) is 12.5 Å². The molecule has 170 valence electrons. The van der Waals surface area contributed by atoms with E-state index in [1.165, 1.54) is 0 Å². The summed E-state index contributed by atoms with van der Waals surface area (Å²) >= 11 is 0. The number of benzene rings is 2. The van der Waals surface area contributed by atoms with Gasteiger partial charge in [0.05, 0.1) is 32.7 Å². The van der Waals surface area contributed by atoms with Crippen LogP contribution in [0.3, 0.4) is 0 Å². The largest absolute Gasteiger partial charge is 0.497 e. The van der Waals surface area contributed by atoms with Crippen molar-refractivity contribution >= 4 is 35.4 Å². The van der Waals surface area contributed by atoms with Crippen LogP contribution in [0.15, 0.2) is 47.5 Å². The van der Waals surface area contributed by atoms with Crippen LogP contribution in [-0.2, 0) is 14.3 Å². The van der Waals surface area contributed by atoms with Gasteiger partial charge in [-0.25, -0.2) is 9.59 Å². The third-order valence-electron chi connectivity index (χ3n) is 3.92. The average Bonchev–Trinajstić information content (AvgIpc) is 2.80. The molecule has 0 fully saturated rings. The van der Waals surface area contributed by atoms with Crippen LogP contribution in [0.25, 0.3) is 0 Å². The van der Waals surface area contributed by atoms with Crippen molar-refractivity contribution in [1.29, 1.82) is 0 Å². The summed E-state index contributed by atoms with van der Waals surface area (Å²) in [7, 11) is 3.85. The molecule has 0 saturated carbocycles. The van der Waals surface area contributed by atoms with E-state index < -0.39 is 12.2 Å². The van der Waals surface area contributed by atoms with Crippen LogP contribution in [0, 0.1) is 0 Å². The number of aliphatic imine (C=N–C) groups is 1. The third kappa shape index (κ3) is 7.20. The number of guanidine groups is 1. The number of nitrogens with one attached hydrogen (secondary N) is 3. The normalized spacial score (nSPS) is 10.6. The Balaban J connectivity index is 2.38. The van der Waals surface area contributed by atoms with Crippen molar-refractivity contribution in [3.05, 3.63) is 42.5 Å². The molecule has 0 aliphatic rings. The third-order valence-corrected chi connectivity index (χ3v) is 3.92. The molecule has 11 nitrogen and oxygen atoms in total.